The lowest BCUT2D eigenvalue weighted by molar-refractivity contribution is 0.400. The van der Waals surface area contributed by atoms with Gasteiger partial charge in [0.05, 0.1) is 0 Å². The van der Waals surface area contributed by atoms with Crippen molar-refractivity contribution in [1.82, 2.24) is 14.8 Å². The third-order valence-electron chi connectivity index (χ3n) is 3.23. The van der Waals surface area contributed by atoms with E-state index >= 15 is 0 Å². The summed E-state index contributed by atoms with van der Waals surface area (Å²) in [5, 5.41) is 4.06. The van der Waals surface area contributed by atoms with Gasteiger partial charge in [-0.05, 0) is 36.7 Å². The van der Waals surface area contributed by atoms with Crippen molar-refractivity contribution in [1.29, 1.82) is 0 Å². The molecule has 0 spiro atoms. The third kappa shape index (κ3) is 3.22. The monoisotopic (exact) mass is 240 g/mol. The Morgan fingerprint density at radius 1 is 1.56 bits per heavy atom. The molecule has 2 rings (SSSR count). The van der Waals surface area contributed by atoms with Crippen molar-refractivity contribution in [2.75, 3.05) is 11.5 Å². The van der Waals surface area contributed by atoms with Gasteiger partial charge in [-0.3, -0.25) is 4.68 Å². The number of thioether (sulfide) groups is 1. The number of hydrogen-bond donors (Lipinski definition) is 1. The molecule has 1 aliphatic rings. The van der Waals surface area contributed by atoms with Crippen LogP contribution in [0.5, 0.6) is 0 Å². The van der Waals surface area contributed by atoms with Gasteiger partial charge in [-0.25, -0.2) is 4.98 Å². The summed E-state index contributed by atoms with van der Waals surface area (Å²) in [7, 11) is 1.92. The normalized spacial score (nSPS) is 19.9. The van der Waals surface area contributed by atoms with Gasteiger partial charge in [0.25, 0.3) is 0 Å². The fraction of sp³-hybridized carbons (Fsp3) is 0.818. The second-order valence-corrected chi connectivity index (χ2v) is 5.78. The molecular formula is C11H20N4S. The van der Waals surface area contributed by atoms with E-state index in [2.05, 4.69) is 21.8 Å². The van der Waals surface area contributed by atoms with E-state index in [9.17, 15) is 0 Å². The second-order valence-electron chi connectivity index (χ2n) is 4.56. The number of aryl methyl sites for hydroxylation is 1. The maximum Gasteiger partial charge on any atom is 0.138 e. The van der Waals surface area contributed by atoms with Crippen LogP contribution in [0.15, 0.2) is 6.33 Å². The second kappa shape index (κ2) is 5.68. The Balaban J connectivity index is 1.79. The predicted molar refractivity (Wildman–Crippen MR) is 67.3 cm³/mol. The van der Waals surface area contributed by atoms with E-state index in [0.29, 0.717) is 0 Å². The van der Waals surface area contributed by atoms with Crippen LogP contribution in [0, 0.1) is 5.92 Å². The molecule has 1 aliphatic heterocycles. The Kier molecular flexibility index (Phi) is 4.23. The molecule has 1 aromatic rings. The minimum absolute atomic E-state index is 0.232. The molecule has 0 bridgehead atoms. The first kappa shape index (κ1) is 11.9. The Morgan fingerprint density at radius 2 is 2.31 bits per heavy atom. The van der Waals surface area contributed by atoms with Crippen molar-refractivity contribution >= 4 is 11.8 Å². The number of aromatic nitrogens is 3. The summed E-state index contributed by atoms with van der Waals surface area (Å²) in [5.41, 5.74) is 6.18. The van der Waals surface area contributed by atoms with Crippen LogP contribution >= 0.6 is 11.8 Å². The quantitative estimate of drug-likeness (QED) is 0.859. The van der Waals surface area contributed by atoms with Crippen molar-refractivity contribution < 1.29 is 0 Å². The fourth-order valence-corrected chi connectivity index (χ4v) is 3.44. The van der Waals surface area contributed by atoms with Gasteiger partial charge in [-0.1, -0.05) is 0 Å². The smallest absolute Gasteiger partial charge is 0.138 e. The van der Waals surface area contributed by atoms with E-state index in [1.165, 1.54) is 24.3 Å². The Bertz CT molecular complexity index is 320. The Labute approximate surface area is 101 Å². The molecule has 90 valence electrons. The van der Waals surface area contributed by atoms with Gasteiger partial charge >= 0.3 is 0 Å². The summed E-state index contributed by atoms with van der Waals surface area (Å²) in [5.74, 6) is 4.44. The van der Waals surface area contributed by atoms with E-state index in [1.807, 2.05) is 11.7 Å². The van der Waals surface area contributed by atoms with Crippen molar-refractivity contribution in [2.24, 2.45) is 18.7 Å². The van der Waals surface area contributed by atoms with Crippen molar-refractivity contribution in [3.63, 3.8) is 0 Å². The van der Waals surface area contributed by atoms with Gasteiger partial charge in [0, 0.05) is 19.5 Å². The van der Waals surface area contributed by atoms with Crippen LogP contribution < -0.4 is 5.73 Å². The van der Waals surface area contributed by atoms with Gasteiger partial charge in [0.2, 0.25) is 0 Å². The van der Waals surface area contributed by atoms with Gasteiger partial charge in [-0.2, -0.15) is 16.9 Å². The van der Waals surface area contributed by atoms with E-state index in [-0.39, 0.29) is 6.04 Å². The van der Waals surface area contributed by atoms with Crippen molar-refractivity contribution in [2.45, 2.75) is 31.7 Å². The maximum atomic E-state index is 6.18. The van der Waals surface area contributed by atoms with E-state index < -0.39 is 0 Å². The van der Waals surface area contributed by atoms with Crippen LogP contribution in [0.2, 0.25) is 0 Å². The molecule has 0 saturated carbocycles. The molecule has 2 N–H and O–H groups in total. The molecular weight excluding hydrogens is 220 g/mol. The van der Waals surface area contributed by atoms with Crippen molar-refractivity contribution in [3.8, 4) is 0 Å². The summed E-state index contributed by atoms with van der Waals surface area (Å²) in [6, 6.07) is 0.232. The average Bonchev–Trinajstić information content (AvgIpc) is 2.66. The van der Waals surface area contributed by atoms with Gasteiger partial charge in [0.1, 0.15) is 12.2 Å². The summed E-state index contributed by atoms with van der Waals surface area (Å²) in [6.07, 6.45) is 6.24. The van der Waals surface area contributed by atoms with Crippen molar-refractivity contribution in [3.05, 3.63) is 12.2 Å². The summed E-state index contributed by atoms with van der Waals surface area (Å²) in [6.45, 7) is 0. The molecule has 0 aromatic carbocycles. The van der Waals surface area contributed by atoms with Crippen LogP contribution in [0.4, 0.5) is 0 Å². The zero-order valence-corrected chi connectivity index (χ0v) is 10.6. The highest BCUT2D eigenvalue weighted by Gasteiger charge is 2.18. The largest absolute Gasteiger partial charge is 0.327 e. The van der Waals surface area contributed by atoms with Gasteiger partial charge < -0.3 is 5.73 Å². The lowest BCUT2D eigenvalue weighted by atomic mass is 9.93. The Morgan fingerprint density at radius 3 is 2.94 bits per heavy atom. The first-order valence-corrected chi connectivity index (χ1v) is 7.07. The van der Waals surface area contributed by atoms with Crippen LogP contribution in [-0.4, -0.2) is 32.3 Å². The molecule has 0 amide bonds. The maximum absolute atomic E-state index is 6.18. The minimum atomic E-state index is 0.232. The lowest BCUT2D eigenvalue weighted by Gasteiger charge is -2.24. The highest BCUT2D eigenvalue weighted by Crippen LogP contribution is 2.26. The van der Waals surface area contributed by atoms with E-state index in [1.54, 1.807) is 6.33 Å². The summed E-state index contributed by atoms with van der Waals surface area (Å²) >= 11 is 2.07. The first-order chi connectivity index (χ1) is 7.75. The van der Waals surface area contributed by atoms with Gasteiger partial charge in [0.15, 0.2) is 0 Å². The predicted octanol–water partition coefficient (Wildman–Crippen LogP) is 1.22. The molecule has 0 aliphatic carbocycles. The van der Waals surface area contributed by atoms with E-state index in [4.69, 9.17) is 5.73 Å². The molecule has 1 atom stereocenters. The molecule has 1 fully saturated rings. The standard InChI is InChI=1S/C11H20N4S/c1-15-11(13-8-14-15)7-10(12)6-9-2-4-16-5-3-9/h8-10H,2-7,12H2,1H3. The topological polar surface area (TPSA) is 56.7 Å². The van der Waals surface area contributed by atoms with Crippen LogP contribution in [0.3, 0.4) is 0 Å². The molecule has 4 nitrogen and oxygen atoms in total. The number of rotatable bonds is 4. The Hall–Kier alpha value is -0.550. The lowest BCUT2D eigenvalue weighted by Crippen LogP contribution is -2.28. The summed E-state index contributed by atoms with van der Waals surface area (Å²) in [4.78, 5) is 4.22. The summed E-state index contributed by atoms with van der Waals surface area (Å²) < 4.78 is 1.82. The SMILES string of the molecule is Cn1ncnc1CC(N)CC1CCSCC1. The number of nitrogens with two attached hydrogens (primary N) is 1. The van der Waals surface area contributed by atoms with Crippen LogP contribution in [-0.2, 0) is 13.5 Å². The zero-order valence-electron chi connectivity index (χ0n) is 9.80. The molecule has 0 radical (unpaired) electrons. The van der Waals surface area contributed by atoms with Gasteiger partial charge in [-0.15, -0.1) is 0 Å². The van der Waals surface area contributed by atoms with E-state index in [0.717, 1.165) is 24.6 Å². The molecule has 1 unspecified atom stereocenters. The molecule has 16 heavy (non-hydrogen) atoms. The number of hydrogen-bond acceptors (Lipinski definition) is 4. The zero-order chi connectivity index (χ0) is 11.4. The highest BCUT2D eigenvalue weighted by atomic mass is 32.2. The molecule has 2 heterocycles. The molecule has 1 aromatic heterocycles. The average molecular weight is 240 g/mol. The third-order valence-corrected chi connectivity index (χ3v) is 4.28. The molecule has 5 heteroatoms. The highest BCUT2D eigenvalue weighted by molar-refractivity contribution is 7.99. The van der Waals surface area contributed by atoms with Crippen LogP contribution in [0.1, 0.15) is 25.1 Å². The first-order valence-electron chi connectivity index (χ1n) is 5.92. The van der Waals surface area contributed by atoms with Crippen LogP contribution in [0.25, 0.3) is 0 Å². The molecule has 1 saturated heterocycles. The minimum Gasteiger partial charge on any atom is -0.327 e. The fourth-order valence-electron chi connectivity index (χ4n) is 2.23. The number of nitrogens with zero attached hydrogens (tertiary/aromatic N) is 3.